The van der Waals surface area contributed by atoms with Gasteiger partial charge in [-0.1, -0.05) is 0 Å². The standard InChI is InChI=1S/C13H19NO4S/c1-2-17-8-11-7-14(3-4-18-11)6-10-5-12(13(15)16)19-9-10/h5,9,11H,2-4,6-8H2,1H3,(H,15,16). The summed E-state index contributed by atoms with van der Waals surface area (Å²) in [6.45, 7) is 6.48. The van der Waals surface area contributed by atoms with E-state index in [2.05, 4.69) is 4.90 Å². The minimum absolute atomic E-state index is 0.117. The molecule has 0 aromatic carbocycles. The minimum Gasteiger partial charge on any atom is -0.477 e. The van der Waals surface area contributed by atoms with Crippen molar-refractivity contribution in [2.45, 2.75) is 19.6 Å². The van der Waals surface area contributed by atoms with E-state index in [9.17, 15) is 4.79 Å². The Morgan fingerprint density at radius 1 is 1.68 bits per heavy atom. The highest BCUT2D eigenvalue weighted by Gasteiger charge is 2.21. The molecule has 1 N–H and O–H groups in total. The number of aromatic carboxylic acids is 1. The van der Waals surface area contributed by atoms with Crippen molar-refractivity contribution in [3.05, 3.63) is 21.9 Å². The van der Waals surface area contributed by atoms with Gasteiger partial charge in [-0.2, -0.15) is 0 Å². The zero-order valence-electron chi connectivity index (χ0n) is 11.0. The third-order valence-electron chi connectivity index (χ3n) is 3.00. The van der Waals surface area contributed by atoms with Crippen LogP contribution in [0, 0.1) is 0 Å². The molecule has 5 nitrogen and oxygen atoms in total. The number of hydrogen-bond acceptors (Lipinski definition) is 5. The summed E-state index contributed by atoms with van der Waals surface area (Å²) >= 11 is 1.28. The summed E-state index contributed by atoms with van der Waals surface area (Å²) in [6, 6.07) is 1.75. The number of carboxylic acid groups (broad SMARTS) is 1. The maximum Gasteiger partial charge on any atom is 0.345 e. The first-order valence-electron chi connectivity index (χ1n) is 6.41. The summed E-state index contributed by atoms with van der Waals surface area (Å²) in [4.78, 5) is 13.5. The summed E-state index contributed by atoms with van der Waals surface area (Å²) in [6.07, 6.45) is 0.117. The normalized spacial score (nSPS) is 20.6. The number of hydrogen-bond donors (Lipinski definition) is 1. The molecule has 1 aliphatic heterocycles. The van der Waals surface area contributed by atoms with E-state index in [-0.39, 0.29) is 6.10 Å². The fourth-order valence-corrected chi connectivity index (χ4v) is 2.84. The van der Waals surface area contributed by atoms with Gasteiger partial charge < -0.3 is 14.6 Å². The molecule has 2 heterocycles. The zero-order chi connectivity index (χ0) is 13.7. The molecule has 0 saturated carbocycles. The highest BCUT2D eigenvalue weighted by molar-refractivity contribution is 7.12. The van der Waals surface area contributed by atoms with Gasteiger partial charge in [-0.25, -0.2) is 4.79 Å². The first-order chi connectivity index (χ1) is 9.19. The van der Waals surface area contributed by atoms with E-state index in [0.717, 1.165) is 25.2 Å². The quantitative estimate of drug-likeness (QED) is 0.862. The minimum atomic E-state index is -0.854. The molecule has 106 valence electrons. The van der Waals surface area contributed by atoms with Gasteiger partial charge in [0.1, 0.15) is 4.88 Å². The fourth-order valence-electron chi connectivity index (χ4n) is 2.10. The molecule has 0 amide bonds. The van der Waals surface area contributed by atoms with Crippen molar-refractivity contribution in [3.63, 3.8) is 0 Å². The lowest BCUT2D eigenvalue weighted by Gasteiger charge is -2.32. The first kappa shape index (κ1) is 14.5. The van der Waals surface area contributed by atoms with E-state index in [1.807, 2.05) is 12.3 Å². The van der Waals surface area contributed by atoms with Gasteiger partial charge in [0.15, 0.2) is 0 Å². The Hall–Kier alpha value is -0.950. The summed E-state index contributed by atoms with van der Waals surface area (Å²) in [5.41, 5.74) is 1.06. The van der Waals surface area contributed by atoms with Crippen LogP contribution in [0.1, 0.15) is 22.2 Å². The Morgan fingerprint density at radius 2 is 2.53 bits per heavy atom. The molecule has 1 atom stereocenters. The molecular weight excluding hydrogens is 266 g/mol. The third kappa shape index (κ3) is 4.28. The molecule has 19 heavy (non-hydrogen) atoms. The average Bonchev–Trinajstić information content (AvgIpc) is 2.85. The number of morpholine rings is 1. The lowest BCUT2D eigenvalue weighted by molar-refractivity contribution is -0.0694. The zero-order valence-corrected chi connectivity index (χ0v) is 11.8. The molecule has 1 aromatic heterocycles. The number of rotatable bonds is 6. The molecule has 1 fully saturated rings. The monoisotopic (exact) mass is 285 g/mol. The number of carbonyl (C=O) groups is 1. The van der Waals surface area contributed by atoms with Crippen LogP contribution in [-0.4, -0.2) is 55.0 Å². The van der Waals surface area contributed by atoms with E-state index in [1.54, 1.807) is 6.07 Å². The summed E-state index contributed by atoms with van der Waals surface area (Å²) < 4.78 is 11.0. The molecule has 0 bridgehead atoms. The molecule has 1 aliphatic rings. The smallest absolute Gasteiger partial charge is 0.345 e. The van der Waals surface area contributed by atoms with Crippen LogP contribution in [0.5, 0.6) is 0 Å². The second kappa shape index (κ2) is 7.00. The van der Waals surface area contributed by atoms with Gasteiger partial charge >= 0.3 is 5.97 Å². The Morgan fingerprint density at radius 3 is 3.21 bits per heavy atom. The maximum atomic E-state index is 10.8. The fraction of sp³-hybridized carbons (Fsp3) is 0.615. The first-order valence-corrected chi connectivity index (χ1v) is 7.29. The lowest BCUT2D eigenvalue weighted by Crippen LogP contribution is -2.43. The van der Waals surface area contributed by atoms with E-state index < -0.39 is 5.97 Å². The summed E-state index contributed by atoms with van der Waals surface area (Å²) in [5.74, 6) is -0.854. The predicted molar refractivity (Wildman–Crippen MR) is 72.8 cm³/mol. The van der Waals surface area contributed by atoms with Crippen LogP contribution in [0.3, 0.4) is 0 Å². The van der Waals surface area contributed by atoms with Gasteiger partial charge in [-0.3, -0.25) is 4.90 Å². The molecule has 0 spiro atoms. The van der Waals surface area contributed by atoms with Crippen molar-refractivity contribution in [2.75, 3.05) is 32.9 Å². The molecular formula is C13H19NO4S. The molecule has 0 radical (unpaired) electrons. The van der Waals surface area contributed by atoms with Gasteiger partial charge in [0, 0.05) is 26.2 Å². The molecule has 2 rings (SSSR count). The molecule has 1 saturated heterocycles. The van der Waals surface area contributed by atoms with Gasteiger partial charge in [0.05, 0.1) is 19.3 Å². The van der Waals surface area contributed by atoms with Gasteiger partial charge in [-0.15, -0.1) is 11.3 Å². The summed E-state index contributed by atoms with van der Waals surface area (Å²) in [7, 11) is 0. The van der Waals surface area contributed by atoms with Crippen LogP contribution in [0.4, 0.5) is 0 Å². The van der Waals surface area contributed by atoms with Crippen LogP contribution >= 0.6 is 11.3 Å². The number of ether oxygens (including phenoxy) is 2. The predicted octanol–water partition coefficient (Wildman–Crippen LogP) is 1.68. The maximum absolute atomic E-state index is 10.8. The van der Waals surface area contributed by atoms with Crippen molar-refractivity contribution < 1.29 is 19.4 Å². The van der Waals surface area contributed by atoms with E-state index in [1.165, 1.54) is 11.3 Å². The van der Waals surface area contributed by atoms with Crippen molar-refractivity contribution >= 4 is 17.3 Å². The van der Waals surface area contributed by atoms with Gasteiger partial charge in [0.25, 0.3) is 0 Å². The van der Waals surface area contributed by atoms with Gasteiger partial charge in [0.2, 0.25) is 0 Å². The third-order valence-corrected chi connectivity index (χ3v) is 3.97. The van der Waals surface area contributed by atoms with Crippen LogP contribution in [-0.2, 0) is 16.0 Å². The highest BCUT2D eigenvalue weighted by atomic mass is 32.1. The largest absolute Gasteiger partial charge is 0.477 e. The van der Waals surface area contributed by atoms with Crippen LogP contribution in [0.25, 0.3) is 0 Å². The average molecular weight is 285 g/mol. The number of thiophene rings is 1. The molecule has 6 heteroatoms. The van der Waals surface area contributed by atoms with Crippen molar-refractivity contribution in [3.8, 4) is 0 Å². The van der Waals surface area contributed by atoms with E-state index in [4.69, 9.17) is 14.6 Å². The second-order valence-electron chi connectivity index (χ2n) is 4.51. The highest BCUT2D eigenvalue weighted by Crippen LogP contribution is 2.18. The lowest BCUT2D eigenvalue weighted by atomic mass is 10.2. The van der Waals surface area contributed by atoms with E-state index in [0.29, 0.717) is 24.7 Å². The van der Waals surface area contributed by atoms with Crippen LogP contribution in [0.2, 0.25) is 0 Å². The molecule has 1 unspecified atom stereocenters. The molecule has 0 aliphatic carbocycles. The van der Waals surface area contributed by atoms with Crippen LogP contribution in [0.15, 0.2) is 11.4 Å². The Kier molecular flexibility index (Phi) is 5.33. The Labute approximate surface area is 116 Å². The molecule has 1 aromatic rings. The van der Waals surface area contributed by atoms with E-state index >= 15 is 0 Å². The van der Waals surface area contributed by atoms with Crippen molar-refractivity contribution in [1.29, 1.82) is 0 Å². The Balaban J connectivity index is 1.85. The Bertz CT molecular complexity index is 421. The van der Waals surface area contributed by atoms with Gasteiger partial charge in [-0.05, 0) is 23.9 Å². The SMILES string of the molecule is CCOCC1CN(Cc2csc(C(=O)O)c2)CCO1. The topological polar surface area (TPSA) is 59.0 Å². The summed E-state index contributed by atoms with van der Waals surface area (Å²) in [5, 5.41) is 10.8. The van der Waals surface area contributed by atoms with Crippen LogP contribution < -0.4 is 0 Å². The number of nitrogens with zero attached hydrogens (tertiary/aromatic N) is 1. The number of carboxylic acids is 1. The van der Waals surface area contributed by atoms with Crippen molar-refractivity contribution in [1.82, 2.24) is 4.90 Å². The van der Waals surface area contributed by atoms with Crippen molar-refractivity contribution in [2.24, 2.45) is 0 Å². The second-order valence-corrected chi connectivity index (χ2v) is 5.42.